The molecule has 0 bridgehead atoms. The SMILES string of the molecule is Cc1ccc2nc(CSCC(=O)NCCCn3ccnc3)cn2c1. The molecule has 3 aromatic rings. The Hall–Kier alpha value is -2.28. The number of hydrogen-bond acceptors (Lipinski definition) is 4. The molecule has 3 heterocycles. The highest BCUT2D eigenvalue weighted by atomic mass is 32.2. The maximum atomic E-state index is 11.8. The molecule has 0 spiro atoms. The van der Waals surface area contributed by atoms with Crippen LogP contribution in [-0.4, -0.2) is 37.1 Å². The number of imidazole rings is 2. The van der Waals surface area contributed by atoms with Gasteiger partial charge in [-0.3, -0.25) is 4.79 Å². The number of fused-ring (bicyclic) bond motifs is 1. The lowest BCUT2D eigenvalue weighted by Gasteiger charge is -2.05. The number of nitrogens with zero attached hydrogens (tertiary/aromatic N) is 4. The average Bonchev–Trinajstić information content (AvgIpc) is 3.20. The number of pyridine rings is 1. The lowest BCUT2D eigenvalue weighted by molar-refractivity contribution is -0.118. The zero-order valence-corrected chi connectivity index (χ0v) is 14.5. The maximum Gasteiger partial charge on any atom is 0.230 e. The van der Waals surface area contributed by atoms with Crippen molar-refractivity contribution < 1.29 is 4.79 Å². The van der Waals surface area contributed by atoms with Gasteiger partial charge in [0.1, 0.15) is 5.65 Å². The van der Waals surface area contributed by atoms with Gasteiger partial charge in [-0.1, -0.05) is 6.07 Å². The van der Waals surface area contributed by atoms with Crippen LogP contribution < -0.4 is 5.32 Å². The van der Waals surface area contributed by atoms with Gasteiger partial charge in [-0.25, -0.2) is 9.97 Å². The molecule has 3 aromatic heterocycles. The van der Waals surface area contributed by atoms with Gasteiger partial charge in [0.05, 0.1) is 17.8 Å². The summed E-state index contributed by atoms with van der Waals surface area (Å²) in [5.41, 5.74) is 3.15. The monoisotopic (exact) mass is 343 g/mol. The molecule has 0 saturated heterocycles. The number of nitrogens with one attached hydrogen (secondary N) is 1. The van der Waals surface area contributed by atoms with Crippen molar-refractivity contribution in [3.05, 3.63) is 54.5 Å². The number of rotatable bonds is 8. The summed E-state index contributed by atoms with van der Waals surface area (Å²) in [6.07, 6.45) is 10.5. The predicted octanol–water partition coefficient (Wildman–Crippen LogP) is 2.28. The molecule has 7 heteroatoms. The van der Waals surface area contributed by atoms with Gasteiger partial charge in [0, 0.05) is 43.6 Å². The third-order valence-corrected chi connectivity index (χ3v) is 4.57. The Morgan fingerprint density at radius 3 is 3.08 bits per heavy atom. The van der Waals surface area contributed by atoms with Gasteiger partial charge in [0.2, 0.25) is 5.91 Å². The van der Waals surface area contributed by atoms with E-state index >= 15 is 0 Å². The van der Waals surface area contributed by atoms with E-state index < -0.39 is 0 Å². The molecule has 6 nitrogen and oxygen atoms in total. The summed E-state index contributed by atoms with van der Waals surface area (Å²) in [6, 6.07) is 4.06. The molecule has 0 aliphatic heterocycles. The third kappa shape index (κ3) is 4.61. The smallest absolute Gasteiger partial charge is 0.230 e. The lowest BCUT2D eigenvalue weighted by atomic mass is 10.3. The number of aromatic nitrogens is 4. The van der Waals surface area contributed by atoms with E-state index in [2.05, 4.69) is 34.5 Å². The second-order valence-corrected chi connectivity index (χ2v) is 6.69. The van der Waals surface area contributed by atoms with E-state index in [4.69, 9.17) is 0 Å². The first-order valence-electron chi connectivity index (χ1n) is 7.95. The third-order valence-electron chi connectivity index (χ3n) is 3.61. The number of carbonyl (C=O) groups is 1. The lowest BCUT2D eigenvalue weighted by Crippen LogP contribution is -2.26. The fourth-order valence-electron chi connectivity index (χ4n) is 2.43. The Bertz CT molecular complexity index is 797. The van der Waals surface area contributed by atoms with Gasteiger partial charge in [0.15, 0.2) is 0 Å². The molecule has 0 radical (unpaired) electrons. The molecule has 0 fully saturated rings. The van der Waals surface area contributed by atoms with Crippen LogP contribution in [-0.2, 0) is 17.1 Å². The van der Waals surface area contributed by atoms with Crippen molar-refractivity contribution in [2.45, 2.75) is 25.6 Å². The Kier molecular flexibility index (Phi) is 5.53. The molecule has 0 saturated carbocycles. The first-order chi connectivity index (χ1) is 11.7. The molecule has 0 atom stereocenters. The van der Waals surface area contributed by atoms with Crippen molar-refractivity contribution in [3.8, 4) is 0 Å². The second kappa shape index (κ2) is 8.01. The molecule has 0 unspecified atom stereocenters. The van der Waals surface area contributed by atoms with Crippen molar-refractivity contribution in [2.75, 3.05) is 12.3 Å². The summed E-state index contributed by atoms with van der Waals surface area (Å²) in [6.45, 7) is 3.62. The van der Waals surface area contributed by atoms with Gasteiger partial charge in [-0.2, -0.15) is 0 Å². The van der Waals surface area contributed by atoms with Crippen LogP contribution in [0.1, 0.15) is 17.7 Å². The van der Waals surface area contributed by atoms with Gasteiger partial charge in [-0.05, 0) is 25.0 Å². The molecule has 24 heavy (non-hydrogen) atoms. The predicted molar refractivity (Wildman–Crippen MR) is 95.9 cm³/mol. The van der Waals surface area contributed by atoms with Crippen molar-refractivity contribution in [1.29, 1.82) is 0 Å². The molecule has 126 valence electrons. The summed E-state index contributed by atoms with van der Waals surface area (Å²) in [7, 11) is 0. The highest BCUT2D eigenvalue weighted by molar-refractivity contribution is 7.99. The van der Waals surface area contributed by atoms with Crippen LogP contribution in [0.5, 0.6) is 0 Å². The second-order valence-electron chi connectivity index (χ2n) is 5.70. The average molecular weight is 343 g/mol. The van der Waals surface area contributed by atoms with Crippen LogP contribution in [0.3, 0.4) is 0 Å². The Morgan fingerprint density at radius 1 is 1.33 bits per heavy atom. The highest BCUT2D eigenvalue weighted by Crippen LogP contribution is 2.13. The topological polar surface area (TPSA) is 64.2 Å². The number of hydrogen-bond donors (Lipinski definition) is 1. The van der Waals surface area contributed by atoms with Crippen molar-refractivity contribution in [1.82, 2.24) is 24.3 Å². The highest BCUT2D eigenvalue weighted by Gasteiger charge is 2.05. The molecule has 0 aromatic carbocycles. The number of carbonyl (C=O) groups excluding carboxylic acids is 1. The van der Waals surface area contributed by atoms with E-state index in [0.717, 1.165) is 30.1 Å². The first kappa shape index (κ1) is 16.6. The Morgan fingerprint density at radius 2 is 2.25 bits per heavy atom. The minimum absolute atomic E-state index is 0.0743. The normalized spacial score (nSPS) is 11.0. The van der Waals surface area contributed by atoms with Crippen LogP contribution >= 0.6 is 11.8 Å². The van der Waals surface area contributed by atoms with E-state index in [1.807, 2.05) is 27.4 Å². The Labute approximate surface area is 145 Å². The molecule has 1 amide bonds. The Balaban J connectivity index is 1.35. The summed E-state index contributed by atoms with van der Waals surface area (Å²) in [4.78, 5) is 20.4. The minimum atomic E-state index is 0.0743. The van der Waals surface area contributed by atoms with Crippen molar-refractivity contribution in [3.63, 3.8) is 0 Å². The zero-order chi connectivity index (χ0) is 16.8. The zero-order valence-electron chi connectivity index (χ0n) is 13.7. The van der Waals surface area contributed by atoms with Gasteiger partial charge in [-0.15, -0.1) is 11.8 Å². The fourth-order valence-corrected chi connectivity index (χ4v) is 3.17. The quantitative estimate of drug-likeness (QED) is 0.637. The molecule has 0 aliphatic rings. The van der Waals surface area contributed by atoms with Crippen LogP contribution in [0.2, 0.25) is 0 Å². The van der Waals surface area contributed by atoms with E-state index in [-0.39, 0.29) is 5.91 Å². The van der Waals surface area contributed by atoms with E-state index in [9.17, 15) is 4.79 Å². The number of amides is 1. The van der Waals surface area contributed by atoms with Gasteiger partial charge >= 0.3 is 0 Å². The van der Waals surface area contributed by atoms with Crippen LogP contribution in [0.4, 0.5) is 0 Å². The standard InChI is InChI=1S/C17H21N5OS/c1-14-3-4-16-20-15(10-22(16)9-14)11-24-12-17(23)19-5-2-7-21-8-6-18-13-21/h3-4,6,8-10,13H,2,5,7,11-12H2,1H3,(H,19,23). The molecule has 1 N–H and O–H groups in total. The fraction of sp³-hybridized carbons (Fsp3) is 0.353. The largest absolute Gasteiger partial charge is 0.355 e. The van der Waals surface area contributed by atoms with Crippen molar-refractivity contribution in [2.24, 2.45) is 0 Å². The minimum Gasteiger partial charge on any atom is -0.355 e. The van der Waals surface area contributed by atoms with Gasteiger partial charge < -0.3 is 14.3 Å². The van der Waals surface area contributed by atoms with E-state index in [0.29, 0.717) is 12.3 Å². The first-order valence-corrected chi connectivity index (χ1v) is 9.10. The summed E-state index contributed by atoms with van der Waals surface area (Å²) in [5, 5.41) is 2.95. The van der Waals surface area contributed by atoms with Crippen LogP contribution in [0, 0.1) is 6.92 Å². The molecular weight excluding hydrogens is 322 g/mol. The number of aryl methyl sites for hydroxylation is 2. The number of thioether (sulfide) groups is 1. The summed E-state index contributed by atoms with van der Waals surface area (Å²) >= 11 is 1.59. The van der Waals surface area contributed by atoms with Crippen LogP contribution in [0.15, 0.2) is 43.2 Å². The van der Waals surface area contributed by atoms with Gasteiger partial charge in [0.25, 0.3) is 0 Å². The van der Waals surface area contributed by atoms with E-state index in [1.165, 1.54) is 5.56 Å². The van der Waals surface area contributed by atoms with Crippen LogP contribution in [0.25, 0.3) is 5.65 Å². The van der Waals surface area contributed by atoms with Crippen molar-refractivity contribution >= 4 is 23.3 Å². The van der Waals surface area contributed by atoms with E-state index in [1.54, 1.807) is 24.3 Å². The maximum absolute atomic E-state index is 11.8. The summed E-state index contributed by atoms with van der Waals surface area (Å²) in [5.74, 6) is 1.27. The molecular formula is C17H21N5OS. The molecule has 3 rings (SSSR count). The molecule has 0 aliphatic carbocycles. The summed E-state index contributed by atoms with van der Waals surface area (Å²) < 4.78 is 4.04.